The van der Waals surface area contributed by atoms with Gasteiger partial charge in [0.25, 0.3) is 0 Å². The van der Waals surface area contributed by atoms with Gasteiger partial charge in [-0.15, -0.1) is 11.8 Å². The predicted molar refractivity (Wildman–Crippen MR) is 69.5 cm³/mol. The third kappa shape index (κ3) is 2.12. The first-order chi connectivity index (χ1) is 8.33. The lowest BCUT2D eigenvalue weighted by molar-refractivity contribution is 0.0821. The molecule has 0 radical (unpaired) electrons. The third-order valence-electron chi connectivity index (χ3n) is 4.00. The van der Waals surface area contributed by atoms with Gasteiger partial charge in [0.1, 0.15) is 0 Å². The number of rotatable bonds is 3. The molecule has 1 aromatic carbocycles. The molecule has 2 heterocycles. The fourth-order valence-corrected chi connectivity index (χ4v) is 4.18. The Hall–Kier alpha value is -0.510. The monoisotopic (exact) mass is 250 g/mol. The summed E-state index contributed by atoms with van der Waals surface area (Å²) < 4.78 is 5.48. The summed E-state index contributed by atoms with van der Waals surface area (Å²) in [5.74, 6) is 1.74. The molecule has 2 aliphatic heterocycles. The number of hydrogen-bond donors (Lipinski definition) is 1. The molecule has 2 unspecified atom stereocenters. The lowest BCUT2D eigenvalue weighted by atomic mass is 9.78. The van der Waals surface area contributed by atoms with Crippen LogP contribution in [0.15, 0.2) is 29.2 Å². The topological polar surface area (TPSA) is 29.5 Å². The van der Waals surface area contributed by atoms with Gasteiger partial charge in [0.15, 0.2) is 0 Å². The van der Waals surface area contributed by atoms with E-state index in [1.165, 1.54) is 10.5 Å². The van der Waals surface area contributed by atoms with Crippen LogP contribution in [0.5, 0.6) is 0 Å². The van der Waals surface area contributed by atoms with Crippen LogP contribution < -0.4 is 0 Å². The molecule has 0 amide bonds. The molecular formula is C14H18O2S. The van der Waals surface area contributed by atoms with Crippen molar-refractivity contribution >= 4 is 11.8 Å². The van der Waals surface area contributed by atoms with Crippen LogP contribution >= 0.6 is 11.8 Å². The zero-order valence-corrected chi connectivity index (χ0v) is 10.7. The summed E-state index contributed by atoms with van der Waals surface area (Å²) in [7, 11) is 0. The standard InChI is InChI=1S/C14H18O2S/c15-9-14(5-6-16-10-14)7-11-8-17-13-4-2-1-3-12(11)13/h1-4,11,15H,5-10H2. The first kappa shape index (κ1) is 11.6. The largest absolute Gasteiger partial charge is 0.396 e. The molecule has 1 aromatic rings. The Morgan fingerprint density at radius 2 is 2.29 bits per heavy atom. The lowest BCUT2D eigenvalue weighted by Crippen LogP contribution is -2.28. The van der Waals surface area contributed by atoms with E-state index in [1.807, 2.05) is 11.8 Å². The molecule has 2 aliphatic rings. The van der Waals surface area contributed by atoms with Crippen LogP contribution in [-0.4, -0.2) is 30.7 Å². The molecule has 2 nitrogen and oxygen atoms in total. The predicted octanol–water partition coefficient (Wildman–Crippen LogP) is 2.67. The average molecular weight is 250 g/mol. The van der Waals surface area contributed by atoms with Crippen molar-refractivity contribution in [2.24, 2.45) is 5.41 Å². The smallest absolute Gasteiger partial charge is 0.0545 e. The zero-order chi connectivity index (χ0) is 11.7. The van der Waals surface area contributed by atoms with Gasteiger partial charge in [-0.05, 0) is 30.4 Å². The average Bonchev–Trinajstić information content (AvgIpc) is 2.99. The molecule has 0 bridgehead atoms. The molecule has 3 rings (SSSR count). The first-order valence-corrected chi connectivity index (χ1v) is 7.22. The molecule has 0 aliphatic carbocycles. The Bertz CT molecular complexity index is 399. The Labute approximate surface area is 106 Å². The second kappa shape index (κ2) is 4.63. The van der Waals surface area contributed by atoms with E-state index in [1.54, 1.807) is 0 Å². The van der Waals surface area contributed by atoms with Gasteiger partial charge in [-0.3, -0.25) is 0 Å². The Morgan fingerprint density at radius 3 is 3.06 bits per heavy atom. The van der Waals surface area contributed by atoms with Crippen LogP contribution in [0.25, 0.3) is 0 Å². The summed E-state index contributed by atoms with van der Waals surface area (Å²) in [6.07, 6.45) is 2.07. The van der Waals surface area contributed by atoms with E-state index in [0.29, 0.717) is 5.92 Å². The molecule has 0 aromatic heterocycles. The van der Waals surface area contributed by atoms with Crippen molar-refractivity contribution in [1.29, 1.82) is 0 Å². The van der Waals surface area contributed by atoms with Gasteiger partial charge in [-0.2, -0.15) is 0 Å². The second-order valence-corrected chi connectivity index (χ2v) is 6.27. The molecule has 0 spiro atoms. The summed E-state index contributed by atoms with van der Waals surface area (Å²) in [6.45, 7) is 1.80. The van der Waals surface area contributed by atoms with Crippen LogP contribution in [0.4, 0.5) is 0 Å². The summed E-state index contributed by atoms with van der Waals surface area (Å²) in [6, 6.07) is 8.67. The van der Waals surface area contributed by atoms with Gasteiger partial charge >= 0.3 is 0 Å². The maximum Gasteiger partial charge on any atom is 0.0545 e. The van der Waals surface area contributed by atoms with Crippen LogP contribution in [0.3, 0.4) is 0 Å². The number of benzene rings is 1. The number of fused-ring (bicyclic) bond motifs is 1. The van der Waals surface area contributed by atoms with Gasteiger partial charge < -0.3 is 9.84 Å². The molecule has 2 atom stereocenters. The summed E-state index contributed by atoms with van der Waals surface area (Å²) in [5.41, 5.74) is 1.49. The minimum Gasteiger partial charge on any atom is -0.396 e. The highest BCUT2D eigenvalue weighted by Crippen LogP contribution is 2.46. The lowest BCUT2D eigenvalue weighted by Gasteiger charge is -2.28. The van der Waals surface area contributed by atoms with Crippen LogP contribution in [0.2, 0.25) is 0 Å². The number of hydrogen-bond acceptors (Lipinski definition) is 3. The van der Waals surface area contributed by atoms with Crippen molar-refractivity contribution in [3.05, 3.63) is 29.8 Å². The van der Waals surface area contributed by atoms with Crippen molar-refractivity contribution in [3.8, 4) is 0 Å². The SMILES string of the molecule is OCC1(CC2CSc3ccccc32)CCOC1. The number of thioether (sulfide) groups is 1. The normalized spacial score (nSPS) is 31.7. The second-order valence-electron chi connectivity index (χ2n) is 5.21. The van der Waals surface area contributed by atoms with Gasteiger partial charge in [0.2, 0.25) is 0 Å². The molecule has 1 fully saturated rings. The van der Waals surface area contributed by atoms with E-state index in [0.717, 1.165) is 31.8 Å². The van der Waals surface area contributed by atoms with E-state index < -0.39 is 0 Å². The number of ether oxygens (including phenoxy) is 1. The van der Waals surface area contributed by atoms with Gasteiger partial charge in [0.05, 0.1) is 13.2 Å². The summed E-state index contributed by atoms with van der Waals surface area (Å²) in [5, 5.41) is 9.64. The van der Waals surface area contributed by atoms with Crippen LogP contribution in [-0.2, 0) is 4.74 Å². The number of aliphatic hydroxyl groups excluding tert-OH is 1. The minimum atomic E-state index is 0.0165. The van der Waals surface area contributed by atoms with Crippen molar-refractivity contribution in [3.63, 3.8) is 0 Å². The third-order valence-corrected chi connectivity index (χ3v) is 5.25. The Balaban J connectivity index is 1.79. The van der Waals surface area contributed by atoms with E-state index in [2.05, 4.69) is 24.3 Å². The quantitative estimate of drug-likeness (QED) is 0.894. The van der Waals surface area contributed by atoms with Gasteiger partial charge in [-0.1, -0.05) is 18.2 Å². The molecule has 3 heteroatoms. The molecule has 0 saturated carbocycles. The maximum absolute atomic E-state index is 9.64. The molecule has 17 heavy (non-hydrogen) atoms. The van der Waals surface area contributed by atoms with Crippen molar-refractivity contribution in [1.82, 2.24) is 0 Å². The zero-order valence-electron chi connectivity index (χ0n) is 9.89. The number of aliphatic hydroxyl groups is 1. The van der Waals surface area contributed by atoms with Gasteiger partial charge in [0, 0.05) is 22.7 Å². The summed E-state index contributed by atoms with van der Waals surface area (Å²) in [4.78, 5) is 1.42. The first-order valence-electron chi connectivity index (χ1n) is 6.23. The van der Waals surface area contributed by atoms with E-state index in [9.17, 15) is 5.11 Å². The Morgan fingerprint density at radius 1 is 1.41 bits per heavy atom. The fraction of sp³-hybridized carbons (Fsp3) is 0.571. The fourth-order valence-electron chi connectivity index (χ4n) is 2.92. The maximum atomic E-state index is 9.64. The molecule has 1 saturated heterocycles. The van der Waals surface area contributed by atoms with Crippen LogP contribution in [0.1, 0.15) is 24.3 Å². The van der Waals surface area contributed by atoms with Crippen molar-refractivity contribution < 1.29 is 9.84 Å². The van der Waals surface area contributed by atoms with Crippen molar-refractivity contribution in [2.45, 2.75) is 23.7 Å². The molecule has 1 N–H and O–H groups in total. The highest BCUT2D eigenvalue weighted by molar-refractivity contribution is 7.99. The Kier molecular flexibility index (Phi) is 3.16. The van der Waals surface area contributed by atoms with Gasteiger partial charge in [-0.25, -0.2) is 0 Å². The summed E-state index contributed by atoms with van der Waals surface area (Å²) >= 11 is 1.95. The van der Waals surface area contributed by atoms with Crippen molar-refractivity contribution in [2.75, 3.05) is 25.6 Å². The molecule has 92 valence electrons. The van der Waals surface area contributed by atoms with E-state index in [4.69, 9.17) is 4.74 Å². The van der Waals surface area contributed by atoms with E-state index in [-0.39, 0.29) is 12.0 Å². The van der Waals surface area contributed by atoms with E-state index >= 15 is 0 Å². The minimum absolute atomic E-state index is 0.0165. The highest BCUT2D eigenvalue weighted by Gasteiger charge is 2.38. The highest BCUT2D eigenvalue weighted by atomic mass is 32.2. The van der Waals surface area contributed by atoms with Crippen LogP contribution in [0, 0.1) is 5.41 Å². The molecular weight excluding hydrogens is 232 g/mol.